The summed E-state index contributed by atoms with van der Waals surface area (Å²) in [5, 5.41) is 16.3. The number of nitrogens with one attached hydrogen (secondary N) is 3. The first-order valence-corrected chi connectivity index (χ1v) is 12.2. The fourth-order valence-electron chi connectivity index (χ4n) is 3.34. The highest BCUT2D eigenvalue weighted by Crippen LogP contribution is 2.12. The zero-order chi connectivity index (χ0) is 28.5. The van der Waals surface area contributed by atoms with Crippen molar-refractivity contribution in [1.29, 1.82) is 0 Å². The maximum atomic E-state index is 12.9. The van der Waals surface area contributed by atoms with E-state index >= 15 is 0 Å². The lowest BCUT2D eigenvalue weighted by atomic mass is 10.0. The number of carboxylic acid groups (broad SMARTS) is 1. The van der Waals surface area contributed by atoms with E-state index < -0.39 is 48.2 Å². The summed E-state index contributed by atoms with van der Waals surface area (Å²) in [6.07, 6.45) is 0.351. The van der Waals surface area contributed by atoms with E-state index in [1.54, 1.807) is 5.94 Å². The molecule has 0 aliphatic carbocycles. The van der Waals surface area contributed by atoms with Crippen LogP contribution < -0.4 is 27.4 Å². The lowest BCUT2D eigenvalue weighted by Gasteiger charge is -2.23. The molecule has 13 heteroatoms. The predicted molar refractivity (Wildman–Crippen MR) is 137 cm³/mol. The van der Waals surface area contributed by atoms with E-state index in [1.165, 1.54) is 6.92 Å². The molecule has 0 saturated carbocycles. The third-order valence-corrected chi connectivity index (χ3v) is 5.49. The van der Waals surface area contributed by atoms with Crippen LogP contribution in [0.25, 0.3) is 0 Å². The van der Waals surface area contributed by atoms with Gasteiger partial charge in [0.25, 0.3) is 0 Å². The van der Waals surface area contributed by atoms with Crippen molar-refractivity contribution in [3.8, 4) is 0 Å². The Balaban J connectivity index is 2.93. The fourth-order valence-corrected chi connectivity index (χ4v) is 3.34. The highest BCUT2D eigenvalue weighted by molar-refractivity contribution is 5.94. The van der Waals surface area contributed by atoms with E-state index in [9.17, 15) is 29.1 Å². The molecule has 0 radical (unpaired) electrons. The Morgan fingerprint density at radius 2 is 1.74 bits per heavy atom. The summed E-state index contributed by atoms with van der Waals surface area (Å²) >= 11 is 0. The maximum Gasteiger partial charge on any atom is 0.328 e. The number of carbonyl (C=O) groups excluding carboxylic acids is 4. The second-order valence-corrected chi connectivity index (χ2v) is 8.48. The van der Waals surface area contributed by atoms with Gasteiger partial charge in [0.15, 0.2) is 0 Å². The Morgan fingerprint density at radius 3 is 2.32 bits per heavy atom. The van der Waals surface area contributed by atoms with Crippen LogP contribution in [0.2, 0.25) is 0 Å². The molecule has 8 N–H and O–H groups in total. The molecule has 0 fully saturated rings. The van der Waals surface area contributed by atoms with Crippen molar-refractivity contribution in [3.63, 3.8) is 0 Å². The molecule has 0 saturated heterocycles. The minimum atomic E-state index is -1.57. The minimum Gasteiger partial charge on any atom is -0.480 e. The number of hydrogen-bond donors (Lipinski definition) is 6. The van der Waals surface area contributed by atoms with Crippen LogP contribution in [0.15, 0.2) is 35.9 Å². The van der Waals surface area contributed by atoms with E-state index in [0.29, 0.717) is 19.4 Å². The Bertz CT molecular complexity index is 968. The first kappa shape index (κ1) is 32.3. The number of urea groups is 1. The third-order valence-electron chi connectivity index (χ3n) is 5.49. The summed E-state index contributed by atoms with van der Waals surface area (Å²) in [6, 6.07) is 4.35. The van der Waals surface area contributed by atoms with Gasteiger partial charge in [0.2, 0.25) is 5.91 Å². The van der Waals surface area contributed by atoms with Gasteiger partial charge in [-0.25, -0.2) is 19.2 Å². The van der Waals surface area contributed by atoms with Crippen LogP contribution in [0, 0.1) is 0 Å². The van der Waals surface area contributed by atoms with Gasteiger partial charge in [-0.05, 0) is 51.1 Å². The molecule has 0 bridgehead atoms. The number of carboxylic acids is 1. The second kappa shape index (κ2) is 17.6. The zero-order valence-electron chi connectivity index (χ0n) is 21.6. The molecular formula is C25H37N5O8. The van der Waals surface area contributed by atoms with Crippen LogP contribution in [0.5, 0.6) is 0 Å². The summed E-state index contributed by atoms with van der Waals surface area (Å²) in [4.78, 5) is 60.7. The Labute approximate surface area is 221 Å². The molecule has 3 amide bonds. The first-order valence-electron chi connectivity index (χ1n) is 12.2. The van der Waals surface area contributed by atoms with Gasteiger partial charge in [-0.3, -0.25) is 4.79 Å². The number of unbranched alkanes of at least 4 members (excludes halogenated alkanes) is 1. The Morgan fingerprint density at radius 1 is 1.05 bits per heavy atom. The number of ether oxygens (including phenoxy) is 2. The summed E-state index contributed by atoms with van der Waals surface area (Å²) in [7, 11) is 1.14. The van der Waals surface area contributed by atoms with Crippen LogP contribution in [0.1, 0.15) is 44.6 Å². The molecule has 0 aliphatic heterocycles. The number of aliphatic carboxylic acids is 1. The quantitative estimate of drug-likeness (QED) is 0.0677. The van der Waals surface area contributed by atoms with E-state index in [-0.39, 0.29) is 31.4 Å². The van der Waals surface area contributed by atoms with Gasteiger partial charge in [0.05, 0.1) is 13.7 Å². The molecule has 210 valence electrons. The number of nitrogens with two attached hydrogens (primary N) is 2. The monoisotopic (exact) mass is 535 g/mol. The zero-order valence-corrected chi connectivity index (χ0v) is 21.6. The lowest BCUT2D eigenvalue weighted by molar-refractivity contribution is -0.144. The second-order valence-electron chi connectivity index (χ2n) is 8.48. The Kier molecular flexibility index (Phi) is 15.0. The smallest absolute Gasteiger partial charge is 0.328 e. The van der Waals surface area contributed by atoms with E-state index in [0.717, 1.165) is 12.7 Å². The van der Waals surface area contributed by atoms with Gasteiger partial charge in [-0.15, -0.1) is 0 Å². The van der Waals surface area contributed by atoms with Crippen molar-refractivity contribution in [1.82, 2.24) is 16.0 Å². The van der Waals surface area contributed by atoms with Crippen LogP contribution >= 0.6 is 0 Å². The third kappa shape index (κ3) is 12.0. The molecule has 1 rings (SSSR count). The number of methoxy groups -OCH3 is 1. The van der Waals surface area contributed by atoms with Gasteiger partial charge in [-0.1, -0.05) is 30.3 Å². The van der Waals surface area contributed by atoms with Gasteiger partial charge >= 0.3 is 18.0 Å². The molecule has 38 heavy (non-hydrogen) atoms. The van der Waals surface area contributed by atoms with Crippen molar-refractivity contribution in [2.24, 2.45) is 11.5 Å². The highest BCUT2D eigenvalue weighted by Gasteiger charge is 2.30. The number of esters is 1. The topological polar surface area (TPSA) is 212 Å². The summed E-state index contributed by atoms with van der Waals surface area (Å²) in [6.45, 7) is 1.95. The Hall–Kier alpha value is -3.77. The average molecular weight is 536 g/mol. The normalized spacial score (nSPS) is 13.7. The van der Waals surface area contributed by atoms with Crippen LogP contribution in [0.3, 0.4) is 0 Å². The standard InChI is InChI=1S/C25H37N5O8/c1-16(24(35)37-2)28-22(32)21(30-25(36)29-19(23(33)34)10-6-7-13-26)18(14-31)11-12-20(27)38-15-17-8-4-3-5-9-17/h3-5,8-9,16,19-21H,6-7,10-13,15,26-27H2,1-2H3,(H,28,32)(H,33,34)(H2,29,30,36). The molecule has 4 unspecified atom stereocenters. The molecular weight excluding hydrogens is 498 g/mol. The minimum absolute atomic E-state index is 0.0801. The molecule has 0 aromatic heterocycles. The number of amides is 3. The SMILES string of the molecule is COC(=O)C(C)NC(=O)C(NC(=O)NC(CCCCN)C(=O)O)C(=C=O)CCC(N)OCc1ccccc1. The van der Waals surface area contributed by atoms with Gasteiger partial charge in [-0.2, -0.15) is 0 Å². The van der Waals surface area contributed by atoms with E-state index in [2.05, 4.69) is 20.7 Å². The predicted octanol–water partition coefficient (Wildman–Crippen LogP) is -0.0461. The largest absolute Gasteiger partial charge is 0.480 e. The van der Waals surface area contributed by atoms with Gasteiger partial charge < -0.3 is 42.0 Å². The molecule has 1 aromatic carbocycles. The fraction of sp³-hybridized carbons (Fsp3) is 0.520. The van der Waals surface area contributed by atoms with Crippen LogP contribution in [-0.2, 0) is 35.3 Å². The number of carbonyl (C=O) groups is 4. The van der Waals surface area contributed by atoms with Crippen molar-refractivity contribution < 1.29 is 38.6 Å². The summed E-state index contributed by atoms with van der Waals surface area (Å²) < 4.78 is 10.2. The van der Waals surface area contributed by atoms with Crippen LogP contribution in [-0.4, -0.2) is 72.9 Å². The van der Waals surface area contributed by atoms with Crippen molar-refractivity contribution in [2.45, 2.75) is 70.0 Å². The number of hydrogen-bond acceptors (Lipinski definition) is 9. The van der Waals surface area contributed by atoms with Gasteiger partial charge in [0, 0.05) is 5.57 Å². The van der Waals surface area contributed by atoms with Crippen molar-refractivity contribution in [2.75, 3.05) is 13.7 Å². The van der Waals surface area contributed by atoms with Crippen LogP contribution in [0.4, 0.5) is 4.79 Å². The lowest BCUT2D eigenvalue weighted by Crippen LogP contribution is -2.56. The maximum absolute atomic E-state index is 12.9. The van der Waals surface area contributed by atoms with E-state index in [4.69, 9.17) is 16.2 Å². The number of benzene rings is 1. The summed E-state index contributed by atoms with van der Waals surface area (Å²) in [5.41, 5.74) is 12.1. The van der Waals surface area contributed by atoms with Crippen molar-refractivity contribution in [3.05, 3.63) is 41.5 Å². The van der Waals surface area contributed by atoms with Crippen molar-refractivity contribution >= 4 is 29.8 Å². The van der Waals surface area contributed by atoms with Gasteiger partial charge in [0.1, 0.15) is 30.3 Å². The molecule has 0 spiro atoms. The summed E-state index contributed by atoms with van der Waals surface area (Å²) in [5.74, 6) is -1.26. The average Bonchev–Trinajstić information content (AvgIpc) is 2.90. The number of rotatable bonds is 17. The molecule has 0 heterocycles. The molecule has 13 nitrogen and oxygen atoms in total. The highest BCUT2D eigenvalue weighted by atomic mass is 16.5. The molecule has 0 aliphatic rings. The van der Waals surface area contributed by atoms with E-state index in [1.807, 2.05) is 30.3 Å². The first-order chi connectivity index (χ1) is 18.1. The molecule has 1 aromatic rings. The molecule has 4 atom stereocenters.